The van der Waals surface area contributed by atoms with E-state index in [9.17, 15) is 8.42 Å². The van der Waals surface area contributed by atoms with Crippen LogP contribution in [0.1, 0.15) is 20.8 Å². The summed E-state index contributed by atoms with van der Waals surface area (Å²) >= 11 is 0. The van der Waals surface area contributed by atoms with Crippen LogP contribution in [0.2, 0.25) is 0 Å². The lowest BCUT2D eigenvalue weighted by Crippen LogP contribution is -2.15. The summed E-state index contributed by atoms with van der Waals surface area (Å²) in [5.41, 5.74) is 1.22. The van der Waals surface area contributed by atoms with Gasteiger partial charge in [-0.1, -0.05) is 24.8 Å². The average Bonchev–Trinajstić information content (AvgIpc) is 2.29. The molecule has 0 saturated carbocycles. The van der Waals surface area contributed by atoms with Crippen molar-refractivity contribution in [2.75, 3.05) is 5.32 Å². The Morgan fingerprint density at radius 1 is 1.33 bits per heavy atom. The van der Waals surface area contributed by atoms with E-state index in [1.807, 2.05) is 13.0 Å². The van der Waals surface area contributed by atoms with Gasteiger partial charge in [0.1, 0.15) is 0 Å². The summed E-state index contributed by atoms with van der Waals surface area (Å²) in [6, 6.07) is 6.87. The lowest BCUT2D eigenvalue weighted by molar-refractivity contribution is 0.587. The topological polar surface area (TPSA) is 46.2 Å². The van der Waals surface area contributed by atoms with Gasteiger partial charge in [0.2, 0.25) is 0 Å². The molecule has 98 valence electrons. The van der Waals surface area contributed by atoms with E-state index in [0.29, 0.717) is 16.3 Å². The van der Waals surface area contributed by atoms with E-state index in [1.165, 1.54) is 0 Å². The van der Waals surface area contributed by atoms with Crippen molar-refractivity contribution in [3.8, 4) is 0 Å². The van der Waals surface area contributed by atoms with E-state index >= 15 is 0 Å². The third kappa shape index (κ3) is 3.23. The zero-order valence-electron chi connectivity index (χ0n) is 11.0. The molecule has 1 rings (SSSR count). The third-order valence-corrected chi connectivity index (χ3v) is 4.69. The highest BCUT2D eigenvalue weighted by atomic mass is 32.2. The smallest absolute Gasteiger partial charge is 0.182 e. The number of benzene rings is 1. The van der Waals surface area contributed by atoms with Crippen molar-refractivity contribution >= 4 is 15.5 Å². The summed E-state index contributed by atoms with van der Waals surface area (Å²) in [6.07, 6.45) is 3.63. The first-order chi connectivity index (χ1) is 8.39. The Balaban J connectivity index is 3.20. The summed E-state index contributed by atoms with van der Waals surface area (Å²) < 4.78 is 24.4. The number of anilines is 1. The summed E-state index contributed by atoms with van der Waals surface area (Å²) in [5, 5.41) is 2.56. The van der Waals surface area contributed by atoms with Crippen LogP contribution < -0.4 is 5.32 Å². The van der Waals surface area contributed by atoms with Gasteiger partial charge < -0.3 is 5.32 Å². The molecule has 0 amide bonds. The predicted molar refractivity (Wildman–Crippen MR) is 76.3 cm³/mol. The first-order valence-corrected chi connectivity index (χ1v) is 7.35. The Morgan fingerprint density at radius 2 is 1.94 bits per heavy atom. The van der Waals surface area contributed by atoms with Crippen LogP contribution in [-0.2, 0) is 9.84 Å². The van der Waals surface area contributed by atoms with Crippen LogP contribution in [0, 0.1) is 0 Å². The van der Waals surface area contributed by atoms with E-state index in [-0.39, 0.29) is 0 Å². The maximum atomic E-state index is 12.2. The maximum absolute atomic E-state index is 12.2. The van der Waals surface area contributed by atoms with Gasteiger partial charge in [0, 0.05) is 5.70 Å². The monoisotopic (exact) mass is 265 g/mol. The highest BCUT2D eigenvalue weighted by Crippen LogP contribution is 2.25. The second-order valence-corrected chi connectivity index (χ2v) is 6.71. The van der Waals surface area contributed by atoms with E-state index in [4.69, 9.17) is 0 Å². The fraction of sp³-hybridized carbons (Fsp3) is 0.286. The molecule has 0 aromatic heterocycles. The molecule has 0 heterocycles. The largest absolute Gasteiger partial charge is 0.355 e. The second-order valence-electron chi connectivity index (χ2n) is 4.24. The molecular weight excluding hydrogens is 246 g/mol. The van der Waals surface area contributed by atoms with Gasteiger partial charge in [-0.25, -0.2) is 8.42 Å². The SMILES string of the molecule is C=C(/C=C\C)Nc1ccccc1S(=O)(=O)C(C)C. The highest BCUT2D eigenvalue weighted by molar-refractivity contribution is 7.92. The molecule has 4 heteroatoms. The molecule has 0 fully saturated rings. The standard InChI is InChI=1S/C14H19NO2S/c1-5-8-12(4)15-13-9-6-7-10-14(13)18(16,17)11(2)3/h5-11,15H,4H2,1-3H3/b8-5-. The van der Waals surface area contributed by atoms with Gasteiger partial charge in [-0.05, 0) is 39.0 Å². The summed E-state index contributed by atoms with van der Waals surface area (Å²) in [6.45, 7) is 9.04. The van der Waals surface area contributed by atoms with E-state index in [0.717, 1.165) is 0 Å². The third-order valence-electron chi connectivity index (χ3n) is 2.48. The minimum atomic E-state index is -3.30. The number of para-hydroxylation sites is 1. The second kappa shape index (κ2) is 5.87. The van der Waals surface area contributed by atoms with Crippen LogP contribution in [0.4, 0.5) is 5.69 Å². The Bertz CT molecular complexity index is 557. The van der Waals surface area contributed by atoms with Crippen molar-refractivity contribution in [2.24, 2.45) is 0 Å². The molecule has 3 nitrogen and oxygen atoms in total. The minimum Gasteiger partial charge on any atom is -0.355 e. The highest BCUT2D eigenvalue weighted by Gasteiger charge is 2.22. The molecule has 0 atom stereocenters. The number of allylic oxidation sites excluding steroid dienone is 2. The molecule has 0 saturated heterocycles. The van der Waals surface area contributed by atoms with Crippen molar-refractivity contribution in [3.63, 3.8) is 0 Å². The van der Waals surface area contributed by atoms with Gasteiger partial charge in [-0.2, -0.15) is 0 Å². The molecule has 0 radical (unpaired) electrons. The normalized spacial score (nSPS) is 12.0. The number of rotatable bonds is 5. The molecule has 1 aromatic carbocycles. The van der Waals surface area contributed by atoms with Crippen LogP contribution in [0.5, 0.6) is 0 Å². The lowest BCUT2D eigenvalue weighted by atomic mass is 10.3. The van der Waals surface area contributed by atoms with Crippen LogP contribution in [0.3, 0.4) is 0 Å². The lowest BCUT2D eigenvalue weighted by Gasteiger charge is -2.14. The summed E-state index contributed by atoms with van der Waals surface area (Å²) in [4.78, 5) is 0.311. The van der Waals surface area contributed by atoms with Gasteiger partial charge in [0.25, 0.3) is 0 Å². The number of sulfone groups is 1. The van der Waals surface area contributed by atoms with Crippen molar-refractivity contribution in [3.05, 3.63) is 48.7 Å². The van der Waals surface area contributed by atoms with E-state index < -0.39 is 15.1 Å². The molecule has 0 spiro atoms. The van der Waals surface area contributed by atoms with Gasteiger partial charge in [0.05, 0.1) is 15.8 Å². The van der Waals surface area contributed by atoms with E-state index in [1.54, 1.807) is 44.2 Å². The van der Waals surface area contributed by atoms with Crippen LogP contribution in [0.25, 0.3) is 0 Å². The number of nitrogens with one attached hydrogen (secondary N) is 1. The number of hydrogen-bond acceptors (Lipinski definition) is 3. The van der Waals surface area contributed by atoms with Gasteiger partial charge in [0.15, 0.2) is 9.84 Å². The molecule has 18 heavy (non-hydrogen) atoms. The van der Waals surface area contributed by atoms with Crippen molar-refractivity contribution in [1.82, 2.24) is 0 Å². The average molecular weight is 265 g/mol. The maximum Gasteiger partial charge on any atom is 0.182 e. The first kappa shape index (κ1) is 14.5. The zero-order chi connectivity index (χ0) is 13.8. The Labute approximate surface area is 109 Å². The molecule has 0 unspecified atom stereocenters. The van der Waals surface area contributed by atoms with Crippen LogP contribution >= 0.6 is 0 Å². The fourth-order valence-corrected chi connectivity index (χ4v) is 2.69. The quantitative estimate of drug-likeness (QED) is 0.830. The molecule has 1 N–H and O–H groups in total. The molecule has 0 bridgehead atoms. The van der Waals surface area contributed by atoms with Gasteiger partial charge in [-0.15, -0.1) is 0 Å². The molecule has 0 aliphatic heterocycles. The Kier molecular flexibility index (Phi) is 4.73. The van der Waals surface area contributed by atoms with Crippen molar-refractivity contribution in [2.45, 2.75) is 30.9 Å². The minimum absolute atomic E-state index is 0.311. The van der Waals surface area contributed by atoms with Crippen molar-refractivity contribution < 1.29 is 8.42 Å². The number of hydrogen-bond donors (Lipinski definition) is 1. The summed E-state index contributed by atoms with van der Waals surface area (Å²) in [5.74, 6) is 0. The fourth-order valence-electron chi connectivity index (χ4n) is 1.49. The zero-order valence-corrected chi connectivity index (χ0v) is 11.8. The Morgan fingerprint density at radius 3 is 2.50 bits per heavy atom. The molecule has 0 aliphatic carbocycles. The molecule has 1 aromatic rings. The first-order valence-electron chi connectivity index (χ1n) is 5.81. The van der Waals surface area contributed by atoms with Crippen LogP contribution in [-0.4, -0.2) is 13.7 Å². The van der Waals surface area contributed by atoms with Gasteiger partial charge in [-0.3, -0.25) is 0 Å². The molecule has 0 aliphatic rings. The van der Waals surface area contributed by atoms with E-state index in [2.05, 4.69) is 11.9 Å². The Hall–Kier alpha value is -1.55. The van der Waals surface area contributed by atoms with Crippen molar-refractivity contribution in [1.29, 1.82) is 0 Å². The summed E-state index contributed by atoms with van der Waals surface area (Å²) in [7, 11) is -3.30. The van der Waals surface area contributed by atoms with Crippen LogP contribution in [0.15, 0.2) is 53.6 Å². The predicted octanol–water partition coefficient (Wildman–Crippen LogP) is 3.37. The molecular formula is C14H19NO2S. The van der Waals surface area contributed by atoms with Gasteiger partial charge >= 0.3 is 0 Å².